The number of aromatic hydroxyl groups is 1. The summed E-state index contributed by atoms with van der Waals surface area (Å²) in [4.78, 5) is 0. The number of hydrogen-bond donors (Lipinski definition) is 1. The van der Waals surface area contributed by atoms with Crippen LogP contribution in [0.1, 0.15) is 43.7 Å². The van der Waals surface area contributed by atoms with E-state index in [-0.39, 0.29) is 5.75 Å². The minimum atomic E-state index is 0.0938. The van der Waals surface area contributed by atoms with Crippen LogP contribution in [0.4, 0.5) is 0 Å². The minimum absolute atomic E-state index is 0.0938. The van der Waals surface area contributed by atoms with Gasteiger partial charge in [-0.3, -0.25) is 0 Å². The second kappa shape index (κ2) is 4.52. The Morgan fingerprint density at radius 1 is 1.28 bits per heavy atom. The van der Waals surface area contributed by atoms with Gasteiger partial charge in [0.15, 0.2) is 17.1 Å². The average Bonchev–Trinajstić information content (AvgIpc) is 2.81. The number of fused-ring (bicyclic) bond motifs is 1. The number of aromatic nitrogens is 1. The molecular weight excluding hydrogens is 230 g/mol. The molecule has 0 radical (unpaired) electrons. The summed E-state index contributed by atoms with van der Waals surface area (Å²) in [6.07, 6.45) is 6.18. The molecule has 1 fully saturated rings. The van der Waals surface area contributed by atoms with Gasteiger partial charge in [-0.1, -0.05) is 24.4 Å². The van der Waals surface area contributed by atoms with Crippen molar-refractivity contribution in [1.29, 1.82) is 0 Å². The zero-order valence-corrected chi connectivity index (χ0v) is 10.5. The van der Waals surface area contributed by atoms with Gasteiger partial charge in [0.2, 0.25) is 0 Å². The van der Waals surface area contributed by atoms with Crippen LogP contribution in [0.15, 0.2) is 16.7 Å². The zero-order chi connectivity index (χ0) is 12.5. The highest BCUT2D eigenvalue weighted by Crippen LogP contribution is 2.39. The van der Waals surface area contributed by atoms with E-state index in [9.17, 15) is 5.11 Å². The van der Waals surface area contributed by atoms with E-state index in [0.717, 1.165) is 11.1 Å². The summed E-state index contributed by atoms with van der Waals surface area (Å²) in [6, 6.07) is 3.40. The van der Waals surface area contributed by atoms with Crippen molar-refractivity contribution in [2.75, 3.05) is 7.11 Å². The van der Waals surface area contributed by atoms with Crippen LogP contribution in [0, 0.1) is 0 Å². The van der Waals surface area contributed by atoms with E-state index in [1.54, 1.807) is 13.2 Å². The molecular formula is C14H17NO3. The SMILES string of the molecule is COc1cc2c(C3CCCCC3)noc2cc1O. The van der Waals surface area contributed by atoms with Crippen LogP contribution < -0.4 is 4.74 Å². The van der Waals surface area contributed by atoms with Gasteiger partial charge < -0.3 is 14.4 Å². The molecule has 1 saturated carbocycles. The molecule has 1 aliphatic carbocycles. The number of rotatable bonds is 2. The molecule has 1 aromatic heterocycles. The maximum Gasteiger partial charge on any atom is 0.171 e. The smallest absolute Gasteiger partial charge is 0.171 e. The number of hydrogen-bond acceptors (Lipinski definition) is 4. The fourth-order valence-electron chi connectivity index (χ4n) is 2.81. The van der Waals surface area contributed by atoms with Crippen molar-refractivity contribution in [2.24, 2.45) is 0 Å². The molecule has 0 saturated heterocycles. The van der Waals surface area contributed by atoms with Crippen LogP contribution in [0.2, 0.25) is 0 Å². The summed E-state index contributed by atoms with van der Waals surface area (Å²) in [7, 11) is 1.55. The van der Waals surface area contributed by atoms with E-state index in [0.29, 0.717) is 17.3 Å². The van der Waals surface area contributed by atoms with Crippen molar-refractivity contribution in [1.82, 2.24) is 5.16 Å². The molecule has 0 aliphatic heterocycles. The first-order valence-electron chi connectivity index (χ1n) is 6.46. The highest BCUT2D eigenvalue weighted by atomic mass is 16.5. The Kier molecular flexibility index (Phi) is 2.86. The molecule has 4 heteroatoms. The molecule has 18 heavy (non-hydrogen) atoms. The van der Waals surface area contributed by atoms with Gasteiger partial charge >= 0.3 is 0 Å². The zero-order valence-electron chi connectivity index (χ0n) is 10.5. The number of nitrogens with zero attached hydrogens (tertiary/aromatic N) is 1. The maximum absolute atomic E-state index is 9.72. The molecule has 1 heterocycles. The van der Waals surface area contributed by atoms with E-state index >= 15 is 0 Å². The highest BCUT2D eigenvalue weighted by Gasteiger charge is 2.22. The van der Waals surface area contributed by atoms with E-state index < -0.39 is 0 Å². The third kappa shape index (κ3) is 1.82. The Morgan fingerprint density at radius 2 is 2.06 bits per heavy atom. The Bertz CT molecular complexity index is 555. The van der Waals surface area contributed by atoms with Crippen molar-refractivity contribution in [3.05, 3.63) is 17.8 Å². The topological polar surface area (TPSA) is 55.5 Å². The predicted molar refractivity (Wildman–Crippen MR) is 68.1 cm³/mol. The molecule has 1 aromatic carbocycles. The third-order valence-electron chi connectivity index (χ3n) is 3.79. The number of ether oxygens (including phenoxy) is 1. The molecule has 0 spiro atoms. The van der Waals surface area contributed by atoms with Crippen molar-refractivity contribution >= 4 is 11.0 Å². The summed E-state index contributed by atoms with van der Waals surface area (Å²) in [6.45, 7) is 0. The number of phenols is 1. The summed E-state index contributed by atoms with van der Waals surface area (Å²) in [5.74, 6) is 1.05. The quantitative estimate of drug-likeness (QED) is 0.881. The first kappa shape index (κ1) is 11.4. The summed E-state index contributed by atoms with van der Waals surface area (Å²) in [5, 5.41) is 14.9. The van der Waals surface area contributed by atoms with Crippen LogP contribution in [0.3, 0.4) is 0 Å². The molecule has 0 bridgehead atoms. The van der Waals surface area contributed by atoms with E-state index in [4.69, 9.17) is 9.26 Å². The molecule has 4 nitrogen and oxygen atoms in total. The lowest BCUT2D eigenvalue weighted by Gasteiger charge is -2.19. The Labute approximate surface area is 106 Å². The van der Waals surface area contributed by atoms with E-state index in [1.165, 1.54) is 32.1 Å². The Morgan fingerprint density at radius 3 is 2.78 bits per heavy atom. The largest absolute Gasteiger partial charge is 0.504 e. The van der Waals surface area contributed by atoms with Crippen LogP contribution in [-0.4, -0.2) is 17.4 Å². The predicted octanol–water partition coefficient (Wildman–Crippen LogP) is 3.59. The van der Waals surface area contributed by atoms with Crippen molar-refractivity contribution < 1.29 is 14.4 Å². The van der Waals surface area contributed by atoms with Crippen LogP contribution in [0.5, 0.6) is 11.5 Å². The van der Waals surface area contributed by atoms with Gasteiger partial charge in [-0.25, -0.2) is 0 Å². The lowest BCUT2D eigenvalue weighted by molar-refractivity contribution is 0.373. The molecule has 3 rings (SSSR count). The first-order valence-corrected chi connectivity index (χ1v) is 6.46. The van der Waals surface area contributed by atoms with Gasteiger partial charge in [0, 0.05) is 17.4 Å². The fourth-order valence-corrected chi connectivity index (χ4v) is 2.81. The van der Waals surface area contributed by atoms with E-state index in [1.807, 2.05) is 6.07 Å². The van der Waals surface area contributed by atoms with Crippen molar-refractivity contribution in [3.63, 3.8) is 0 Å². The van der Waals surface area contributed by atoms with Crippen molar-refractivity contribution in [3.8, 4) is 11.5 Å². The highest BCUT2D eigenvalue weighted by molar-refractivity contribution is 5.83. The van der Waals surface area contributed by atoms with Crippen molar-refractivity contribution in [2.45, 2.75) is 38.0 Å². The van der Waals surface area contributed by atoms with E-state index in [2.05, 4.69) is 5.16 Å². The second-order valence-corrected chi connectivity index (χ2v) is 4.92. The number of benzene rings is 1. The first-order chi connectivity index (χ1) is 8.79. The molecule has 1 aliphatic rings. The van der Waals surface area contributed by atoms with Gasteiger partial charge in [0.1, 0.15) is 0 Å². The lowest BCUT2D eigenvalue weighted by atomic mass is 9.86. The Hall–Kier alpha value is -1.71. The number of phenolic OH excluding ortho intramolecular Hbond substituents is 1. The molecule has 0 atom stereocenters. The van der Waals surface area contributed by atoms with Gasteiger partial charge in [0.05, 0.1) is 12.8 Å². The molecule has 1 N–H and O–H groups in total. The molecule has 2 aromatic rings. The molecule has 96 valence electrons. The monoisotopic (exact) mass is 247 g/mol. The van der Waals surface area contributed by atoms with Crippen LogP contribution >= 0.6 is 0 Å². The van der Waals surface area contributed by atoms with Crippen LogP contribution in [0.25, 0.3) is 11.0 Å². The standard InChI is InChI=1S/C14H17NO3/c1-17-13-7-10-12(8-11(13)16)18-15-14(10)9-5-3-2-4-6-9/h7-9,16H,2-6H2,1H3. The van der Waals surface area contributed by atoms with Crippen LogP contribution in [-0.2, 0) is 0 Å². The van der Waals surface area contributed by atoms with Gasteiger partial charge in [0.25, 0.3) is 0 Å². The minimum Gasteiger partial charge on any atom is -0.504 e. The second-order valence-electron chi connectivity index (χ2n) is 4.92. The lowest BCUT2D eigenvalue weighted by Crippen LogP contribution is -2.05. The van der Waals surface area contributed by atoms with Gasteiger partial charge in [-0.15, -0.1) is 0 Å². The number of methoxy groups -OCH3 is 1. The Balaban J connectivity index is 2.06. The maximum atomic E-state index is 9.72. The normalized spacial score (nSPS) is 17.2. The van der Waals surface area contributed by atoms with Gasteiger partial charge in [-0.2, -0.15) is 0 Å². The molecule has 0 amide bonds. The summed E-state index contributed by atoms with van der Waals surface area (Å²) in [5.41, 5.74) is 1.65. The summed E-state index contributed by atoms with van der Waals surface area (Å²) < 4.78 is 10.5. The average molecular weight is 247 g/mol. The van der Waals surface area contributed by atoms with Gasteiger partial charge in [-0.05, 0) is 18.9 Å². The third-order valence-corrected chi connectivity index (χ3v) is 3.79. The molecule has 0 unspecified atom stereocenters. The fraction of sp³-hybridized carbons (Fsp3) is 0.500. The summed E-state index contributed by atoms with van der Waals surface area (Å²) >= 11 is 0.